The molecule has 4 rings (SSSR count). The standard InChI is InChI=1S/C22H21N3O2S/c1-4-12-25-21(19-13-17-6-5-7-18(26-3)20(17)27-19)23-24-22(25)28-14-16-10-8-15(2)9-11-16/h4-11,13H,1,12,14H2,2-3H3. The summed E-state index contributed by atoms with van der Waals surface area (Å²) < 4.78 is 13.5. The Morgan fingerprint density at radius 3 is 2.75 bits per heavy atom. The van der Waals surface area contributed by atoms with Crippen molar-refractivity contribution in [3.8, 4) is 17.3 Å². The van der Waals surface area contributed by atoms with Crippen molar-refractivity contribution in [2.24, 2.45) is 0 Å². The fraction of sp³-hybridized carbons (Fsp3) is 0.182. The number of allylic oxidation sites excluding steroid dienone is 1. The third kappa shape index (κ3) is 3.55. The summed E-state index contributed by atoms with van der Waals surface area (Å²) in [5, 5.41) is 10.6. The first-order valence-corrected chi connectivity index (χ1v) is 9.97. The lowest BCUT2D eigenvalue weighted by Crippen LogP contribution is -2.00. The molecule has 5 nitrogen and oxygen atoms in total. The average molecular weight is 391 g/mol. The molecule has 28 heavy (non-hydrogen) atoms. The maximum atomic E-state index is 6.06. The highest BCUT2D eigenvalue weighted by molar-refractivity contribution is 7.98. The highest BCUT2D eigenvalue weighted by Crippen LogP contribution is 2.34. The Morgan fingerprint density at radius 1 is 1.18 bits per heavy atom. The Bertz CT molecular complexity index is 1110. The molecule has 142 valence electrons. The lowest BCUT2D eigenvalue weighted by atomic mass is 10.2. The van der Waals surface area contributed by atoms with E-state index in [0.29, 0.717) is 29.5 Å². The summed E-state index contributed by atoms with van der Waals surface area (Å²) in [7, 11) is 1.64. The molecule has 0 N–H and O–H groups in total. The van der Waals surface area contributed by atoms with Gasteiger partial charge in [-0.3, -0.25) is 4.57 Å². The number of rotatable bonds is 7. The predicted octanol–water partition coefficient (Wildman–Crippen LogP) is 5.49. The largest absolute Gasteiger partial charge is 0.493 e. The third-order valence-corrected chi connectivity index (χ3v) is 5.50. The minimum absolute atomic E-state index is 0.604. The molecule has 2 aromatic carbocycles. The summed E-state index contributed by atoms with van der Waals surface area (Å²) >= 11 is 1.65. The van der Waals surface area contributed by atoms with E-state index in [9.17, 15) is 0 Å². The van der Waals surface area contributed by atoms with Gasteiger partial charge in [0.05, 0.1) is 7.11 Å². The normalized spacial score (nSPS) is 11.1. The van der Waals surface area contributed by atoms with Gasteiger partial charge in [-0.05, 0) is 24.6 Å². The maximum Gasteiger partial charge on any atom is 0.200 e. The van der Waals surface area contributed by atoms with Crippen LogP contribution in [0.25, 0.3) is 22.6 Å². The van der Waals surface area contributed by atoms with Crippen LogP contribution in [0.15, 0.2) is 70.8 Å². The van der Waals surface area contributed by atoms with Crippen LogP contribution in [0, 0.1) is 6.92 Å². The van der Waals surface area contributed by atoms with Gasteiger partial charge in [0.25, 0.3) is 0 Å². The van der Waals surface area contributed by atoms with E-state index in [1.807, 2.05) is 34.9 Å². The Kier molecular flexibility index (Phi) is 5.21. The molecular formula is C22H21N3O2S. The zero-order valence-corrected chi connectivity index (χ0v) is 16.7. The molecule has 0 unspecified atom stereocenters. The van der Waals surface area contributed by atoms with Crippen LogP contribution >= 0.6 is 11.8 Å². The van der Waals surface area contributed by atoms with Crippen LogP contribution in [0.5, 0.6) is 5.75 Å². The number of furan rings is 1. The third-order valence-electron chi connectivity index (χ3n) is 4.47. The maximum absolute atomic E-state index is 6.06. The van der Waals surface area contributed by atoms with Gasteiger partial charge in [0.2, 0.25) is 5.82 Å². The molecule has 0 radical (unpaired) electrons. The quantitative estimate of drug-likeness (QED) is 0.308. The van der Waals surface area contributed by atoms with Crippen molar-refractivity contribution in [3.05, 3.63) is 72.3 Å². The van der Waals surface area contributed by atoms with Crippen LogP contribution in [0.4, 0.5) is 0 Å². The first kappa shape index (κ1) is 18.4. The van der Waals surface area contributed by atoms with Crippen LogP contribution in [0.2, 0.25) is 0 Å². The second-order valence-corrected chi connectivity index (χ2v) is 7.41. The molecule has 2 aromatic heterocycles. The van der Waals surface area contributed by atoms with Gasteiger partial charge in [-0.15, -0.1) is 16.8 Å². The van der Waals surface area contributed by atoms with Crippen LogP contribution < -0.4 is 4.74 Å². The van der Waals surface area contributed by atoms with E-state index in [1.165, 1.54) is 11.1 Å². The topological polar surface area (TPSA) is 53.1 Å². The number of ether oxygens (including phenoxy) is 1. The number of thioether (sulfide) groups is 1. The number of hydrogen-bond donors (Lipinski definition) is 0. The molecule has 0 amide bonds. The number of aromatic nitrogens is 3. The molecule has 0 bridgehead atoms. The second-order valence-electron chi connectivity index (χ2n) is 6.47. The van der Waals surface area contributed by atoms with E-state index in [-0.39, 0.29) is 0 Å². The summed E-state index contributed by atoms with van der Waals surface area (Å²) in [4.78, 5) is 0. The van der Waals surface area contributed by atoms with E-state index in [2.05, 4.69) is 48.0 Å². The lowest BCUT2D eigenvalue weighted by molar-refractivity contribution is 0.410. The summed E-state index contributed by atoms with van der Waals surface area (Å²) in [6.07, 6.45) is 1.84. The van der Waals surface area contributed by atoms with Crippen molar-refractivity contribution >= 4 is 22.7 Å². The van der Waals surface area contributed by atoms with E-state index in [4.69, 9.17) is 9.15 Å². The monoisotopic (exact) mass is 391 g/mol. The van der Waals surface area contributed by atoms with Gasteiger partial charge in [-0.2, -0.15) is 0 Å². The Morgan fingerprint density at radius 2 is 2.00 bits per heavy atom. The molecule has 4 aromatic rings. The predicted molar refractivity (Wildman–Crippen MR) is 113 cm³/mol. The van der Waals surface area contributed by atoms with E-state index in [1.54, 1.807) is 18.9 Å². The fourth-order valence-corrected chi connectivity index (χ4v) is 3.91. The Hall–Kier alpha value is -2.99. The van der Waals surface area contributed by atoms with Gasteiger partial charge in [-0.1, -0.05) is 59.8 Å². The Labute approximate surface area is 168 Å². The highest BCUT2D eigenvalue weighted by Gasteiger charge is 2.18. The van der Waals surface area contributed by atoms with Crippen molar-refractivity contribution in [1.82, 2.24) is 14.8 Å². The number of nitrogens with zero attached hydrogens (tertiary/aromatic N) is 3. The van der Waals surface area contributed by atoms with E-state index < -0.39 is 0 Å². The molecule has 0 fully saturated rings. The van der Waals surface area contributed by atoms with Crippen molar-refractivity contribution in [1.29, 1.82) is 0 Å². The number of methoxy groups -OCH3 is 1. The molecule has 0 aliphatic heterocycles. The molecular weight excluding hydrogens is 370 g/mol. The van der Waals surface area contributed by atoms with Crippen molar-refractivity contribution < 1.29 is 9.15 Å². The average Bonchev–Trinajstić information content (AvgIpc) is 3.31. The van der Waals surface area contributed by atoms with E-state index in [0.717, 1.165) is 16.3 Å². The molecule has 0 saturated carbocycles. The molecule has 2 heterocycles. The summed E-state index contributed by atoms with van der Waals surface area (Å²) in [5.74, 6) is 2.87. The SMILES string of the molecule is C=CCn1c(SCc2ccc(C)cc2)nnc1-c1cc2cccc(OC)c2o1. The molecule has 0 atom stereocenters. The number of para-hydroxylation sites is 1. The van der Waals surface area contributed by atoms with Crippen LogP contribution in [0.3, 0.4) is 0 Å². The first-order chi connectivity index (χ1) is 13.7. The second kappa shape index (κ2) is 7.94. The number of benzene rings is 2. The fourth-order valence-electron chi connectivity index (χ4n) is 3.01. The number of hydrogen-bond acceptors (Lipinski definition) is 5. The van der Waals surface area contributed by atoms with Gasteiger partial charge >= 0.3 is 0 Å². The summed E-state index contributed by atoms with van der Waals surface area (Å²) in [6.45, 7) is 6.57. The molecule has 0 spiro atoms. The Balaban J connectivity index is 1.66. The summed E-state index contributed by atoms with van der Waals surface area (Å²) in [5.41, 5.74) is 3.21. The van der Waals surface area contributed by atoms with E-state index >= 15 is 0 Å². The van der Waals surface area contributed by atoms with Crippen molar-refractivity contribution in [2.45, 2.75) is 24.4 Å². The van der Waals surface area contributed by atoms with Crippen LogP contribution in [-0.4, -0.2) is 21.9 Å². The van der Waals surface area contributed by atoms with Gasteiger partial charge < -0.3 is 9.15 Å². The minimum Gasteiger partial charge on any atom is -0.493 e. The molecule has 0 saturated heterocycles. The smallest absolute Gasteiger partial charge is 0.200 e. The molecule has 0 aliphatic carbocycles. The summed E-state index contributed by atoms with van der Waals surface area (Å²) in [6, 6.07) is 16.3. The molecule has 0 aliphatic rings. The van der Waals surface area contributed by atoms with Crippen LogP contribution in [-0.2, 0) is 12.3 Å². The first-order valence-electron chi connectivity index (χ1n) is 8.99. The number of fused-ring (bicyclic) bond motifs is 1. The van der Waals surface area contributed by atoms with Gasteiger partial charge in [0.1, 0.15) is 0 Å². The van der Waals surface area contributed by atoms with Gasteiger partial charge in [-0.25, -0.2) is 0 Å². The zero-order chi connectivity index (χ0) is 19.5. The van der Waals surface area contributed by atoms with Crippen LogP contribution in [0.1, 0.15) is 11.1 Å². The van der Waals surface area contributed by atoms with Gasteiger partial charge in [0.15, 0.2) is 22.2 Å². The molecule has 6 heteroatoms. The zero-order valence-electron chi connectivity index (χ0n) is 15.9. The number of aryl methyl sites for hydroxylation is 1. The lowest BCUT2D eigenvalue weighted by Gasteiger charge is -2.06. The highest BCUT2D eigenvalue weighted by atomic mass is 32.2. The minimum atomic E-state index is 0.604. The van der Waals surface area contributed by atoms with Crippen molar-refractivity contribution in [2.75, 3.05) is 7.11 Å². The van der Waals surface area contributed by atoms with Gasteiger partial charge in [0, 0.05) is 17.7 Å². The van der Waals surface area contributed by atoms with Crippen molar-refractivity contribution in [3.63, 3.8) is 0 Å².